The lowest BCUT2D eigenvalue weighted by Gasteiger charge is -2.50. The van der Waals surface area contributed by atoms with Gasteiger partial charge < -0.3 is 5.73 Å². The van der Waals surface area contributed by atoms with E-state index < -0.39 is 0 Å². The molecule has 0 saturated carbocycles. The zero-order valence-electron chi connectivity index (χ0n) is 8.87. The van der Waals surface area contributed by atoms with E-state index in [9.17, 15) is 0 Å². The monoisotopic (exact) mass is 182 g/mol. The molecule has 0 spiro atoms. The van der Waals surface area contributed by atoms with E-state index in [1.54, 1.807) is 0 Å². The minimum atomic E-state index is 0.477. The van der Waals surface area contributed by atoms with E-state index in [1.165, 1.54) is 32.1 Å². The molecule has 0 aromatic carbocycles. The summed E-state index contributed by atoms with van der Waals surface area (Å²) in [5.41, 5.74) is 6.06. The van der Waals surface area contributed by atoms with Crippen LogP contribution in [0.2, 0.25) is 0 Å². The Morgan fingerprint density at radius 1 is 1.15 bits per heavy atom. The van der Waals surface area contributed by atoms with Crippen molar-refractivity contribution in [2.75, 3.05) is 0 Å². The quantitative estimate of drug-likeness (QED) is 0.669. The topological polar surface area (TPSA) is 29.3 Å². The van der Waals surface area contributed by atoms with Gasteiger partial charge in [0.15, 0.2) is 0 Å². The van der Waals surface area contributed by atoms with Crippen molar-refractivity contribution >= 4 is 0 Å². The molecular formula is C11H22N2. The average molecular weight is 182 g/mol. The number of nitrogens with zero attached hydrogens (tertiary/aromatic N) is 1. The predicted octanol–water partition coefficient (Wildman–Crippen LogP) is 1.74. The second-order valence-electron chi connectivity index (χ2n) is 5.01. The van der Waals surface area contributed by atoms with Gasteiger partial charge in [-0.05, 0) is 39.5 Å². The van der Waals surface area contributed by atoms with Crippen LogP contribution in [-0.4, -0.2) is 29.1 Å². The first-order valence-corrected chi connectivity index (χ1v) is 5.71. The molecule has 2 heteroatoms. The van der Waals surface area contributed by atoms with Gasteiger partial charge in [0.05, 0.1) is 0 Å². The maximum atomic E-state index is 6.06. The third-order valence-corrected chi connectivity index (χ3v) is 3.66. The molecule has 0 aliphatic carbocycles. The summed E-state index contributed by atoms with van der Waals surface area (Å²) in [6.07, 6.45) is 6.64. The van der Waals surface area contributed by atoms with Crippen LogP contribution in [0.25, 0.3) is 0 Å². The molecule has 0 aromatic rings. The molecule has 76 valence electrons. The van der Waals surface area contributed by atoms with Gasteiger partial charge in [0, 0.05) is 24.2 Å². The largest absolute Gasteiger partial charge is 0.328 e. The zero-order chi connectivity index (χ0) is 9.42. The van der Waals surface area contributed by atoms with Crippen LogP contribution in [0, 0.1) is 0 Å². The standard InChI is InChI=1S/C11H22N2/c1-8(2)13-10-4-3-5-11(13)7-9(12)6-10/h8-11H,3-7,12H2,1-2H3. The Balaban J connectivity index is 2.10. The number of rotatable bonds is 1. The van der Waals surface area contributed by atoms with Crippen LogP contribution in [0.15, 0.2) is 0 Å². The third-order valence-electron chi connectivity index (χ3n) is 3.66. The summed E-state index contributed by atoms with van der Waals surface area (Å²) in [6.45, 7) is 4.64. The van der Waals surface area contributed by atoms with Crippen molar-refractivity contribution in [3.63, 3.8) is 0 Å². The second-order valence-corrected chi connectivity index (χ2v) is 5.01. The Bertz CT molecular complexity index is 165. The van der Waals surface area contributed by atoms with Gasteiger partial charge in [0.25, 0.3) is 0 Å². The van der Waals surface area contributed by atoms with Crippen molar-refractivity contribution in [1.29, 1.82) is 0 Å². The highest BCUT2D eigenvalue weighted by atomic mass is 15.2. The smallest absolute Gasteiger partial charge is 0.0116 e. The van der Waals surface area contributed by atoms with Gasteiger partial charge in [-0.3, -0.25) is 4.90 Å². The molecule has 2 nitrogen and oxygen atoms in total. The molecule has 2 rings (SSSR count). The summed E-state index contributed by atoms with van der Waals surface area (Å²) >= 11 is 0. The number of piperidine rings is 2. The second kappa shape index (κ2) is 3.58. The molecule has 2 heterocycles. The van der Waals surface area contributed by atoms with E-state index in [0.717, 1.165) is 12.1 Å². The molecule has 0 aromatic heterocycles. The lowest BCUT2D eigenvalue weighted by atomic mass is 9.81. The minimum Gasteiger partial charge on any atom is -0.328 e. The Labute approximate surface area is 81.5 Å². The molecular weight excluding hydrogens is 160 g/mol. The van der Waals surface area contributed by atoms with Crippen molar-refractivity contribution in [3.8, 4) is 0 Å². The summed E-state index contributed by atoms with van der Waals surface area (Å²) in [5, 5.41) is 0. The molecule has 2 atom stereocenters. The Morgan fingerprint density at radius 2 is 1.69 bits per heavy atom. The predicted molar refractivity (Wildman–Crippen MR) is 55.6 cm³/mol. The first-order chi connectivity index (χ1) is 6.18. The average Bonchev–Trinajstić information content (AvgIpc) is 2.01. The van der Waals surface area contributed by atoms with Crippen molar-refractivity contribution in [1.82, 2.24) is 4.90 Å². The molecule has 2 saturated heterocycles. The first kappa shape index (κ1) is 9.47. The molecule has 2 aliphatic rings. The molecule has 13 heavy (non-hydrogen) atoms. The van der Waals surface area contributed by atoms with Crippen molar-refractivity contribution in [3.05, 3.63) is 0 Å². The number of hydrogen-bond donors (Lipinski definition) is 1. The van der Waals surface area contributed by atoms with Gasteiger partial charge in [-0.15, -0.1) is 0 Å². The summed E-state index contributed by atoms with van der Waals surface area (Å²) in [5.74, 6) is 0. The van der Waals surface area contributed by atoms with Crippen LogP contribution in [-0.2, 0) is 0 Å². The highest BCUT2D eigenvalue weighted by molar-refractivity contribution is 4.95. The Morgan fingerprint density at radius 3 is 2.15 bits per heavy atom. The van der Waals surface area contributed by atoms with Crippen LogP contribution in [0.3, 0.4) is 0 Å². The minimum absolute atomic E-state index is 0.477. The van der Waals surface area contributed by atoms with E-state index in [-0.39, 0.29) is 0 Å². The lowest BCUT2D eigenvalue weighted by molar-refractivity contribution is 0.00622. The van der Waals surface area contributed by atoms with Crippen molar-refractivity contribution < 1.29 is 0 Å². The summed E-state index contributed by atoms with van der Waals surface area (Å²) < 4.78 is 0. The molecule has 2 aliphatic heterocycles. The van der Waals surface area contributed by atoms with Crippen molar-refractivity contribution in [2.24, 2.45) is 5.73 Å². The van der Waals surface area contributed by atoms with Gasteiger partial charge >= 0.3 is 0 Å². The van der Waals surface area contributed by atoms with Crippen molar-refractivity contribution in [2.45, 2.75) is 70.1 Å². The third kappa shape index (κ3) is 1.75. The number of hydrogen-bond acceptors (Lipinski definition) is 2. The normalized spacial score (nSPS) is 41.1. The maximum absolute atomic E-state index is 6.06. The van der Waals surface area contributed by atoms with Crippen LogP contribution < -0.4 is 5.73 Å². The number of nitrogens with two attached hydrogens (primary N) is 1. The zero-order valence-corrected chi connectivity index (χ0v) is 8.87. The molecule has 2 unspecified atom stereocenters. The van der Waals surface area contributed by atoms with Gasteiger partial charge in [-0.1, -0.05) is 6.42 Å². The van der Waals surface area contributed by atoms with Gasteiger partial charge in [-0.2, -0.15) is 0 Å². The molecule has 0 amide bonds. The van der Waals surface area contributed by atoms with E-state index in [1.807, 2.05) is 0 Å². The summed E-state index contributed by atoms with van der Waals surface area (Å²) in [4.78, 5) is 2.72. The molecule has 0 radical (unpaired) electrons. The fourth-order valence-electron chi connectivity index (χ4n) is 3.30. The van der Waals surface area contributed by atoms with Gasteiger partial charge in [0.2, 0.25) is 0 Å². The highest BCUT2D eigenvalue weighted by Crippen LogP contribution is 2.34. The lowest BCUT2D eigenvalue weighted by Crippen LogP contribution is -2.57. The van der Waals surface area contributed by atoms with E-state index >= 15 is 0 Å². The van der Waals surface area contributed by atoms with Crippen LogP contribution in [0.1, 0.15) is 46.0 Å². The van der Waals surface area contributed by atoms with Crippen LogP contribution in [0.4, 0.5) is 0 Å². The molecule has 2 bridgehead atoms. The van der Waals surface area contributed by atoms with E-state index in [4.69, 9.17) is 5.73 Å². The molecule has 2 N–H and O–H groups in total. The maximum Gasteiger partial charge on any atom is 0.0116 e. The summed E-state index contributed by atoms with van der Waals surface area (Å²) in [7, 11) is 0. The van der Waals surface area contributed by atoms with Gasteiger partial charge in [0.1, 0.15) is 0 Å². The Hall–Kier alpha value is -0.0800. The summed E-state index contributed by atoms with van der Waals surface area (Å²) in [6, 6.07) is 2.78. The Kier molecular flexibility index (Phi) is 2.61. The van der Waals surface area contributed by atoms with E-state index in [0.29, 0.717) is 12.1 Å². The SMILES string of the molecule is CC(C)N1C2CCCC1CC(N)C2. The van der Waals surface area contributed by atoms with E-state index in [2.05, 4.69) is 18.7 Å². The fourth-order valence-corrected chi connectivity index (χ4v) is 3.30. The first-order valence-electron chi connectivity index (χ1n) is 5.71. The van der Waals surface area contributed by atoms with Gasteiger partial charge in [-0.25, -0.2) is 0 Å². The van der Waals surface area contributed by atoms with Crippen LogP contribution in [0.5, 0.6) is 0 Å². The molecule has 2 fully saturated rings. The highest BCUT2D eigenvalue weighted by Gasteiger charge is 2.37. The van der Waals surface area contributed by atoms with Crippen LogP contribution >= 0.6 is 0 Å². The fraction of sp³-hybridized carbons (Fsp3) is 1.00. The number of fused-ring (bicyclic) bond motifs is 2.